The Bertz CT molecular complexity index is 421. The number of fused-ring (bicyclic) bond motifs is 1. The fourth-order valence-electron chi connectivity index (χ4n) is 1.58. The van der Waals surface area contributed by atoms with Gasteiger partial charge in [0.05, 0.1) is 11.1 Å². The minimum Gasteiger partial charge on any atom is -0.488 e. The fraction of sp³-hybridized carbons (Fsp3) is 0.250. The first-order valence-corrected chi connectivity index (χ1v) is 4.82. The summed E-state index contributed by atoms with van der Waals surface area (Å²) in [5.74, 6) is 0.740. The van der Waals surface area contributed by atoms with Crippen molar-refractivity contribution in [2.75, 3.05) is 20.7 Å². The summed E-state index contributed by atoms with van der Waals surface area (Å²) in [6.45, 7) is 0.355. The maximum Gasteiger partial charge on any atom is 0.197 e. The molecule has 78 valence electrons. The molecule has 15 heavy (non-hydrogen) atoms. The zero-order valence-electron chi connectivity index (χ0n) is 8.86. The normalized spacial score (nSPS) is 17.2. The molecule has 0 amide bonds. The van der Waals surface area contributed by atoms with E-state index in [9.17, 15) is 4.79 Å². The van der Waals surface area contributed by atoms with Crippen molar-refractivity contribution in [1.29, 1.82) is 0 Å². The SMILES string of the molecule is CN(C)/C=C1\COc2ccccc2C1=O. The molecule has 0 bridgehead atoms. The smallest absolute Gasteiger partial charge is 0.197 e. The summed E-state index contributed by atoms with van der Waals surface area (Å²) in [6, 6.07) is 7.32. The van der Waals surface area contributed by atoms with Crippen molar-refractivity contribution in [3.05, 3.63) is 41.6 Å². The molecule has 0 saturated carbocycles. The van der Waals surface area contributed by atoms with E-state index < -0.39 is 0 Å². The second-order valence-electron chi connectivity index (χ2n) is 3.73. The summed E-state index contributed by atoms with van der Waals surface area (Å²) in [5, 5.41) is 0. The molecule has 0 saturated heterocycles. The van der Waals surface area contributed by atoms with Crippen LogP contribution in [0.3, 0.4) is 0 Å². The van der Waals surface area contributed by atoms with Crippen molar-refractivity contribution < 1.29 is 9.53 Å². The number of ether oxygens (including phenoxy) is 1. The molecule has 0 spiro atoms. The first-order valence-electron chi connectivity index (χ1n) is 4.82. The number of carbonyl (C=O) groups is 1. The molecule has 0 radical (unpaired) electrons. The average Bonchev–Trinajstić information content (AvgIpc) is 2.22. The average molecular weight is 203 g/mol. The summed E-state index contributed by atoms with van der Waals surface area (Å²) in [6.07, 6.45) is 1.80. The summed E-state index contributed by atoms with van der Waals surface area (Å²) < 4.78 is 5.49. The van der Waals surface area contributed by atoms with Crippen molar-refractivity contribution in [2.24, 2.45) is 0 Å². The zero-order chi connectivity index (χ0) is 10.8. The van der Waals surface area contributed by atoms with Crippen LogP contribution in [0.5, 0.6) is 5.75 Å². The molecule has 1 aliphatic heterocycles. The highest BCUT2D eigenvalue weighted by Crippen LogP contribution is 2.26. The van der Waals surface area contributed by atoms with Gasteiger partial charge in [0.25, 0.3) is 0 Å². The molecular formula is C12H13NO2. The van der Waals surface area contributed by atoms with Gasteiger partial charge in [0, 0.05) is 20.3 Å². The molecule has 0 unspecified atom stereocenters. The number of Topliss-reactive ketones (excluding diaryl/α,β-unsaturated/α-hetero) is 1. The zero-order valence-corrected chi connectivity index (χ0v) is 8.86. The number of rotatable bonds is 1. The van der Waals surface area contributed by atoms with E-state index >= 15 is 0 Å². The number of hydrogen-bond donors (Lipinski definition) is 0. The van der Waals surface area contributed by atoms with Crippen molar-refractivity contribution in [3.63, 3.8) is 0 Å². The second-order valence-corrected chi connectivity index (χ2v) is 3.73. The minimum absolute atomic E-state index is 0.0607. The van der Waals surface area contributed by atoms with Crippen LogP contribution in [0.4, 0.5) is 0 Å². The van der Waals surface area contributed by atoms with Crippen LogP contribution in [-0.2, 0) is 0 Å². The maximum absolute atomic E-state index is 12.0. The van der Waals surface area contributed by atoms with Gasteiger partial charge in [-0.05, 0) is 12.1 Å². The summed E-state index contributed by atoms with van der Waals surface area (Å²) >= 11 is 0. The van der Waals surface area contributed by atoms with Crippen molar-refractivity contribution >= 4 is 5.78 Å². The van der Waals surface area contributed by atoms with Gasteiger partial charge >= 0.3 is 0 Å². The van der Waals surface area contributed by atoms with Crippen molar-refractivity contribution in [1.82, 2.24) is 4.90 Å². The van der Waals surface area contributed by atoms with Crippen LogP contribution < -0.4 is 4.74 Å². The van der Waals surface area contributed by atoms with Gasteiger partial charge in [-0.25, -0.2) is 0 Å². The van der Waals surface area contributed by atoms with Gasteiger partial charge in [0.1, 0.15) is 12.4 Å². The van der Waals surface area contributed by atoms with E-state index in [0.717, 1.165) is 0 Å². The Morgan fingerprint density at radius 2 is 2.07 bits per heavy atom. The van der Waals surface area contributed by atoms with Gasteiger partial charge in [0.15, 0.2) is 5.78 Å². The highest BCUT2D eigenvalue weighted by Gasteiger charge is 2.22. The van der Waals surface area contributed by atoms with E-state index in [1.165, 1.54) is 0 Å². The van der Waals surface area contributed by atoms with Crippen molar-refractivity contribution in [2.45, 2.75) is 0 Å². The van der Waals surface area contributed by atoms with Crippen LogP contribution in [0.25, 0.3) is 0 Å². The Balaban J connectivity index is 2.38. The molecule has 0 aromatic heterocycles. The molecule has 1 aromatic rings. The number of hydrogen-bond acceptors (Lipinski definition) is 3. The third-order valence-electron chi connectivity index (χ3n) is 2.22. The lowest BCUT2D eigenvalue weighted by Gasteiger charge is -2.19. The Morgan fingerprint density at radius 3 is 2.80 bits per heavy atom. The molecule has 1 heterocycles. The number of nitrogens with zero attached hydrogens (tertiary/aromatic N) is 1. The first kappa shape index (κ1) is 9.77. The van der Waals surface area contributed by atoms with E-state index in [1.54, 1.807) is 12.3 Å². The largest absolute Gasteiger partial charge is 0.488 e. The Hall–Kier alpha value is -1.77. The molecule has 1 aromatic carbocycles. The van der Waals surface area contributed by atoms with Gasteiger partial charge in [0.2, 0.25) is 0 Å². The van der Waals surface area contributed by atoms with Gasteiger partial charge < -0.3 is 9.64 Å². The van der Waals surface area contributed by atoms with Gasteiger partial charge in [-0.1, -0.05) is 12.1 Å². The number of carbonyl (C=O) groups excluding carboxylic acids is 1. The van der Waals surface area contributed by atoms with Crippen LogP contribution in [0.2, 0.25) is 0 Å². The summed E-state index contributed by atoms with van der Waals surface area (Å²) in [4.78, 5) is 13.8. The van der Waals surface area contributed by atoms with Crippen LogP contribution in [0.1, 0.15) is 10.4 Å². The number of ketones is 1. The summed E-state index contributed by atoms with van der Waals surface area (Å²) in [5.41, 5.74) is 1.34. The minimum atomic E-state index is 0.0607. The van der Waals surface area contributed by atoms with Crippen LogP contribution >= 0.6 is 0 Å². The molecule has 0 aliphatic carbocycles. The van der Waals surface area contributed by atoms with E-state index in [2.05, 4.69) is 0 Å². The molecule has 2 rings (SSSR count). The van der Waals surface area contributed by atoms with Gasteiger partial charge in [-0.2, -0.15) is 0 Å². The molecule has 1 aliphatic rings. The van der Waals surface area contributed by atoms with E-state index in [1.807, 2.05) is 37.2 Å². The fourth-order valence-corrected chi connectivity index (χ4v) is 1.58. The monoisotopic (exact) mass is 203 g/mol. The van der Waals surface area contributed by atoms with Crippen LogP contribution in [0, 0.1) is 0 Å². The summed E-state index contributed by atoms with van der Waals surface area (Å²) in [7, 11) is 3.78. The van der Waals surface area contributed by atoms with E-state index in [4.69, 9.17) is 4.74 Å². The topological polar surface area (TPSA) is 29.5 Å². The maximum atomic E-state index is 12.0. The number of para-hydroxylation sites is 1. The second kappa shape index (κ2) is 3.77. The lowest BCUT2D eigenvalue weighted by atomic mass is 10.0. The molecule has 0 atom stereocenters. The first-order chi connectivity index (χ1) is 7.18. The highest BCUT2D eigenvalue weighted by atomic mass is 16.5. The standard InChI is InChI=1S/C12H13NO2/c1-13(2)7-9-8-15-11-6-4-3-5-10(11)12(9)14/h3-7H,8H2,1-2H3/b9-7+. The van der Waals surface area contributed by atoms with Gasteiger partial charge in [-0.3, -0.25) is 4.79 Å². The lowest BCUT2D eigenvalue weighted by molar-refractivity contribution is 0.0997. The van der Waals surface area contributed by atoms with Crippen LogP contribution in [0.15, 0.2) is 36.0 Å². The quantitative estimate of drug-likeness (QED) is 0.651. The molecule has 3 nitrogen and oxygen atoms in total. The third-order valence-corrected chi connectivity index (χ3v) is 2.22. The molecule has 3 heteroatoms. The van der Waals surface area contributed by atoms with Gasteiger partial charge in [-0.15, -0.1) is 0 Å². The Kier molecular flexibility index (Phi) is 2.46. The molecule has 0 fully saturated rings. The Morgan fingerprint density at radius 1 is 1.33 bits per heavy atom. The lowest BCUT2D eigenvalue weighted by Crippen LogP contribution is -2.21. The van der Waals surface area contributed by atoms with E-state index in [0.29, 0.717) is 23.5 Å². The number of benzene rings is 1. The van der Waals surface area contributed by atoms with E-state index in [-0.39, 0.29) is 5.78 Å². The molecular weight excluding hydrogens is 190 g/mol. The Labute approximate surface area is 89.0 Å². The van der Waals surface area contributed by atoms with Crippen molar-refractivity contribution in [3.8, 4) is 5.75 Å². The predicted octanol–water partition coefficient (Wildman–Crippen LogP) is 1.71. The third kappa shape index (κ3) is 1.86. The highest BCUT2D eigenvalue weighted by molar-refractivity contribution is 6.11. The van der Waals surface area contributed by atoms with Crippen LogP contribution in [-0.4, -0.2) is 31.4 Å². The predicted molar refractivity (Wildman–Crippen MR) is 58.0 cm³/mol. The molecule has 0 N–H and O–H groups in total.